The number of benzene rings is 2. The van der Waals surface area contributed by atoms with Gasteiger partial charge in [0.15, 0.2) is 17.2 Å². The molecule has 8 heteroatoms. The monoisotopic (exact) mass is 439 g/mol. The summed E-state index contributed by atoms with van der Waals surface area (Å²) in [5, 5.41) is 0.857. The maximum atomic E-state index is 12.2. The highest BCUT2D eigenvalue weighted by molar-refractivity contribution is 9.10. The number of halogens is 3. The van der Waals surface area contributed by atoms with Gasteiger partial charge in [-0.2, -0.15) is 0 Å². The Kier molecular flexibility index (Phi) is 4.19. The first-order chi connectivity index (χ1) is 12.0. The molecule has 0 saturated heterocycles. The lowest BCUT2D eigenvalue weighted by molar-refractivity contribution is -0.129. The number of ether oxygens (including phenoxy) is 3. The summed E-state index contributed by atoms with van der Waals surface area (Å²) in [6.07, 6.45) is 1.60. The number of aliphatic imine (C=N–C) groups is 1. The fourth-order valence-corrected chi connectivity index (χ4v) is 3.18. The molecule has 0 amide bonds. The van der Waals surface area contributed by atoms with Crippen LogP contribution in [0.5, 0.6) is 11.5 Å². The first-order valence-corrected chi connectivity index (χ1v) is 8.63. The molecule has 0 unspecified atom stereocenters. The third-order valence-corrected chi connectivity index (χ3v) is 4.81. The molecule has 2 heterocycles. The minimum atomic E-state index is -0.574. The van der Waals surface area contributed by atoms with Crippen LogP contribution in [-0.2, 0) is 9.53 Å². The van der Waals surface area contributed by atoms with Crippen LogP contribution in [0.4, 0.5) is 0 Å². The van der Waals surface area contributed by atoms with Crippen LogP contribution in [0, 0.1) is 0 Å². The highest BCUT2D eigenvalue weighted by atomic mass is 79.9. The van der Waals surface area contributed by atoms with Gasteiger partial charge in [-0.05, 0) is 42.0 Å². The molecule has 2 aromatic rings. The second-order valence-corrected chi connectivity index (χ2v) is 6.89. The van der Waals surface area contributed by atoms with Crippen molar-refractivity contribution in [1.82, 2.24) is 0 Å². The van der Waals surface area contributed by atoms with Crippen molar-refractivity contribution in [2.24, 2.45) is 4.99 Å². The summed E-state index contributed by atoms with van der Waals surface area (Å²) in [5.74, 6) is 0.776. The standard InChI is InChI=1S/C17H8BrCl2NO4/c18-11-6-15-14(23-7-24-15)4-8(11)3-13-17(22)25-16(21-13)10-5-9(19)1-2-12(10)20/h1-6H,7H2/b13-3-. The summed E-state index contributed by atoms with van der Waals surface area (Å²) in [6, 6.07) is 8.38. The third-order valence-electron chi connectivity index (χ3n) is 3.56. The van der Waals surface area contributed by atoms with Gasteiger partial charge in [0.05, 0.1) is 10.6 Å². The van der Waals surface area contributed by atoms with E-state index in [4.69, 9.17) is 37.4 Å². The van der Waals surface area contributed by atoms with E-state index in [-0.39, 0.29) is 18.4 Å². The van der Waals surface area contributed by atoms with E-state index in [1.54, 1.807) is 36.4 Å². The lowest BCUT2D eigenvalue weighted by atomic mass is 10.1. The number of carbonyl (C=O) groups is 1. The largest absolute Gasteiger partial charge is 0.454 e. The highest BCUT2D eigenvalue weighted by Gasteiger charge is 2.26. The van der Waals surface area contributed by atoms with Crippen molar-refractivity contribution in [3.05, 3.63) is 61.7 Å². The molecule has 2 aromatic carbocycles. The van der Waals surface area contributed by atoms with Crippen LogP contribution in [0.1, 0.15) is 11.1 Å². The van der Waals surface area contributed by atoms with Gasteiger partial charge in [-0.15, -0.1) is 0 Å². The molecule has 0 spiro atoms. The Bertz CT molecular complexity index is 971. The summed E-state index contributed by atoms with van der Waals surface area (Å²) in [7, 11) is 0. The Labute approximate surface area is 160 Å². The molecule has 0 N–H and O–H groups in total. The predicted octanol–water partition coefficient (Wildman–Crippen LogP) is 4.83. The molecule has 2 aliphatic heterocycles. The maximum absolute atomic E-state index is 12.2. The normalized spacial score (nSPS) is 17.0. The van der Waals surface area contributed by atoms with Gasteiger partial charge in [0.2, 0.25) is 12.7 Å². The summed E-state index contributed by atoms with van der Waals surface area (Å²) >= 11 is 15.5. The van der Waals surface area contributed by atoms with Gasteiger partial charge in [0.25, 0.3) is 0 Å². The Morgan fingerprint density at radius 2 is 1.88 bits per heavy atom. The number of rotatable bonds is 2. The number of cyclic esters (lactones) is 1. The average molecular weight is 441 g/mol. The summed E-state index contributed by atoms with van der Waals surface area (Å²) in [5.41, 5.74) is 1.31. The topological polar surface area (TPSA) is 57.1 Å². The number of fused-ring (bicyclic) bond motifs is 1. The number of carbonyl (C=O) groups excluding carboxylic acids is 1. The molecule has 2 aliphatic rings. The van der Waals surface area contributed by atoms with E-state index in [0.29, 0.717) is 32.7 Å². The van der Waals surface area contributed by atoms with E-state index in [1.165, 1.54) is 0 Å². The quantitative estimate of drug-likeness (QED) is 0.495. The first kappa shape index (κ1) is 16.4. The van der Waals surface area contributed by atoms with Crippen molar-refractivity contribution in [2.75, 3.05) is 6.79 Å². The summed E-state index contributed by atoms with van der Waals surface area (Å²) in [6.45, 7) is 0.166. The zero-order valence-corrected chi connectivity index (χ0v) is 15.5. The van der Waals surface area contributed by atoms with Gasteiger partial charge in [-0.3, -0.25) is 0 Å². The number of hydrogen-bond acceptors (Lipinski definition) is 5. The minimum Gasteiger partial charge on any atom is -0.454 e. The molecule has 0 aromatic heterocycles. The second-order valence-electron chi connectivity index (χ2n) is 5.19. The van der Waals surface area contributed by atoms with Crippen molar-refractivity contribution < 1.29 is 19.0 Å². The molecule has 5 nitrogen and oxygen atoms in total. The van der Waals surface area contributed by atoms with E-state index in [1.807, 2.05) is 0 Å². The van der Waals surface area contributed by atoms with Gasteiger partial charge in [-0.1, -0.05) is 39.1 Å². The zero-order valence-electron chi connectivity index (χ0n) is 12.4. The lowest BCUT2D eigenvalue weighted by Gasteiger charge is -2.02. The molecular weight excluding hydrogens is 433 g/mol. The Morgan fingerprint density at radius 1 is 1.12 bits per heavy atom. The Morgan fingerprint density at radius 3 is 2.68 bits per heavy atom. The van der Waals surface area contributed by atoms with Crippen molar-refractivity contribution >= 4 is 57.1 Å². The molecule has 0 radical (unpaired) electrons. The van der Waals surface area contributed by atoms with Crippen molar-refractivity contribution in [3.63, 3.8) is 0 Å². The Hall–Kier alpha value is -2.02. The predicted molar refractivity (Wildman–Crippen MR) is 97.3 cm³/mol. The van der Waals surface area contributed by atoms with E-state index in [2.05, 4.69) is 20.9 Å². The third kappa shape index (κ3) is 3.13. The van der Waals surface area contributed by atoms with E-state index >= 15 is 0 Å². The van der Waals surface area contributed by atoms with Gasteiger partial charge in [0.1, 0.15) is 0 Å². The van der Waals surface area contributed by atoms with Gasteiger partial charge in [-0.25, -0.2) is 9.79 Å². The molecule has 0 bridgehead atoms. The second kappa shape index (κ2) is 6.37. The van der Waals surface area contributed by atoms with Crippen LogP contribution in [-0.4, -0.2) is 18.7 Å². The molecular formula is C17H8BrCl2NO4. The summed E-state index contributed by atoms with van der Waals surface area (Å²) in [4.78, 5) is 16.4. The van der Waals surface area contributed by atoms with Gasteiger partial charge in [0, 0.05) is 9.50 Å². The van der Waals surface area contributed by atoms with E-state index in [9.17, 15) is 4.79 Å². The van der Waals surface area contributed by atoms with E-state index in [0.717, 1.165) is 4.47 Å². The van der Waals surface area contributed by atoms with Crippen molar-refractivity contribution in [1.29, 1.82) is 0 Å². The van der Waals surface area contributed by atoms with Crippen LogP contribution < -0.4 is 9.47 Å². The Balaban J connectivity index is 1.73. The van der Waals surface area contributed by atoms with Crippen LogP contribution in [0.2, 0.25) is 10.0 Å². The maximum Gasteiger partial charge on any atom is 0.363 e. The zero-order chi connectivity index (χ0) is 17.6. The fourth-order valence-electron chi connectivity index (χ4n) is 2.38. The number of esters is 1. The van der Waals surface area contributed by atoms with Crippen LogP contribution in [0.15, 0.2) is 45.5 Å². The SMILES string of the molecule is O=C1OC(c2cc(Cl)ccc2Cl)=N/C1=C\c1cc2c(cc1Br)OCO2. The van der Waals surface area contributed by atoms with E-state index < -0.39 is 5.97 Å². The molecule has 0 aliphatic carbocycles. The molecule has 0 saturated carbocycles. The highest BCUT2D eigenvalue weighted by Crippen LogP contribution is 2.38. The molecule has 0 fully saturated rings. The molecule has 4 rings (SSSR count). The number of nitrogens with zero attached hydrogens (tertiary/aromatic N) is 1. The first-order valence-electron chi connectivity index (χ1n) is 7.08. The lowest BCUT2D eigenvalue weighted by Crippen LogP contribution is -2.06. The van der Waals surface area contributed by atoms with Crippen LogP contribution in [0.25, 0.3) is 6.08 Å². The van der Waals surface area contributed by atoms with Crippen molar-refractivity contribution in [2.45, 2.75) is 0 Å². The summed E-state index contributed by atoms with van der Waals surface area (Å²) < 4.78 is 16.6. The van der Waals surface area contributed by atoms with Crippen LogP contribution in [0.3, 0.4) is 0 Å². The van der Waals surface area contributed by atoms with Crippen molar-refractivity contribution in [3.8, 4) is 11.5 Å². The van der Waals surface area contributed by atoms with Gasteiger partial charge >= 0.3 is 5.97 Å². The van der Waals surface area contributed by atoms with Gasteiger partial charge < -0.3 is 14.2 Å². The smallest absolute Gasteiger partial charge is 0.363 e. The molecule has 126 valence electrons. The molecule has 25 heavy (non-hydrogen) atoms. The van der Waals surface area contributed by atoms with Crippen LogP contribution >= 0.6 is 39.1 Å². The number of hydrogen-bond donors (Lipinski definition) is 0. The average Bonchev–Trinajstić information content (AvgIpc) is 3.17. The molecule has 0 atom stereocenters. The fraction of sp³-hybridized carbons (Fsp3) is 0.0588. The minimum absolute atomic E-state index is 0.112.